The zero-order valence-electron chi connectivity index (χ0n) is 26.6. The molecule has 2 heterocycles. The third kappa shape index (κ3) is 8.28. The Kier molecular flexibility index (Phi) is 11.4. The van der Waals surface area contributed by atoms with Crippen molar-refractivity contribution >= 4 is 17.6 Å². The number of nitrogens with zero attached hydrogens (tertiary/aromatic N) is 2. The van der Waals surface area contributed by atoms with Gasteiger partial charge in [0.2, 0.25) is 0 Å². The predicted molar refractivity (Wildman–Crippen MR) is 169 cm³/mol. The predicted octanol–water partition coefficient (Wildman–Crippen LogP) is 3.30. The van der Waals surface area contributed by atoms with E-state index < -0.39 is 30.3 Å². The van der Waals surface area contributed by atoms with Crippen LogP contribution in [-0.4, -0.2) is 69.0 Å². The maximum atomic E-state index is 14.2. The summed E-state index contributed by atoms with van der Waals surface area (Å²) in [6.45, 7) is 8.72. The second-order valence-electron chi connectivity index (χ2n) is 13.2. The van der Waals surface area contributed by atoms with Crippen molar-refractivity contribution in [2.75, 3.05) is 45.9 Å². The molecule has 2 aromatic carbocycles. The Balaban J connectivity index is 1.63. The number of likely N-dealkylation sites (tertiary alicyclic amines) is 1. The number of fused-ring (bicyclic) bond motifs is 1. The molecule has 234 valence electrons. The summed E-state index contributed by atoms with van der Waals surface area (Å²) >= 11 is -1.74. The molecule has 0 saturated carbocycles. The molecule has 0 aliphatic carbocycles. The maximum absolute atomic E-state index is 14.2. The molecule has 2 aliphatic rings. The molecule has 0 spiro atoms. The summed E-state index contributed by atoms with van der Waals surface area (Å²) in [7, 11) is 0. The topological polar surface area (TPSA) is 70.1 Å². The van der Waals surface area contributed by atoms with Crippen molar-refractivity contribution in [2.24, 2.45) is 11.8 Å². The number of hydrogen-bond acceptors (Lipinski definition) is 4. The van der Waals surface area contributed by atoms with Gasteiger partial charge in [0, 0.05) is 6.42 Å². The second kappa shape index (κ2) is 14.6. The van der Waals surface area contributed by atoms with Crippen LogP contribution in [-0.2, 0) is 20.4 Å². The van der Waals surface area contributed by atoms with Gasteiger partial charge in [-0.2, -0.15) is 0 Å². The van der Waals surface area contributed by atoms with Crippen molar-refractivity contribution in [1.29, 1.82) is 0 Å². The standard InChI is InChI=1S/C35H52IN2O4/c1-7-9-17-38(29-13-10-12-26(20-29)22-36(4,5)6)33(39)24-37-23-30(27-14-15-32-28(21-27)16-18-42-32)34(35(40)41)31(37)19-25(3)11-8-2/h10,12-15,20-21,25,30-31,34H,7-9,11,16-19,22-24H2,1-6H3,(H,40,41)/q-1/t25?,30-,31+,34-/m1/s1. The number of unbranched alkanes of at least 4 members (excludes halogenated alkanes) is 1. The molecule has 1 unspecified atom stereocenters. The fourth-order valence-electron chi connectivity index (χ4n) is 6.83. The van der Waals surface area contributed by atoms with Crippen molar-refractivity contribution < 1.29 is 37.9 Å². The first-order chi connectivity index (χ1) is 20.0. The summed E-state index contributed by atoms with van der Waals surface area (Å²) in [5.74, 6) is -0.107. The van der Waals surface area contributed by atoms with Gasteiger partial charge >= 0.3 is 210 Å². The number of anilines is 1. The molecule has 4 rings (SSSR count). The minimum absolute atomic E-state index is 0.0671. The number of carboxylic acids is 1. The number of carboxylic acid groups (broad SMARTS) is 1. The van der Waals surface area contributed by atoms with Crippen molar-refractivity contribution in [2.45, 2.75) is 75.7 Å². The number of carbonyl (C=O) groups is 2. The number of alkyl halides is 4. The van der Waals surface area contributed by atoms with E-state index in [0.717, 1.165) is 65.5 Å². The van der Waals surface area contributed by atoms with E-state index >= 15 is 0 Å². The van der Waals surface area contributed by atoms with Crippen LogP contribution in [0.5, 0.6) is 5.75 Å². The van der Waals surface area contributed by atoms with Gasteiger partial charge in [0.1, 0.15) is 5.75 Å². The molecule has 1 fully saturated rings. The zero-order valence-corrected chi connectivity index (χ0v) is 28.7. The third-order valence-corrected chi connectivity index (χ3v) is 11.9. The van der Waals surface area contributed by atoms with Gasteiger partial charge in [-0.05, 0) is 11.6 Å². The van der Waals surface area contributed by atoms with E-state index in [9.17, 15) is 14.7 Å². The Hall–Kier alpha value is -2.13. The van der Waals surface area contributed by atoms with Crippen LogP contribution in [0.15, 0.2) is 42.5 Å². The van der Waals surface area contributed by atoms with Crippen LogP contribution in [0.3, 0.4) is 0 Å². The summed E-state index contributed by atoms with van der Waals surface area (Å²) in [4.78, 5) is 38.5. The average molecular weight is 692 g/mol. The SMILES string of the molecule is CCCCN(C(=O)CN1C[C@H](c2ccc3c(c2)CCO3)[C@@H](C(=O)O)[C@@H]1CC(C)CCC)c1cccc(C[I-](C)(C)C)c1. The van der Waals surface area contributed by atoms with Gasteiger partial charge in [0.25, 0.3) is 0 Å². The molecule has 2 aliphatic heterocycles. The normalized spacial score (nSPS) is 21.5. The van der Waals surface area contributed by atoms with Crippen molar-refractivity contribution in [3.05, 3.63) is 59.2 Å². The molecule has 4 atom stereocenters. The number of rotatable bonds is 14. The first-order valence-corrected chi connectivity index (χ1v) is 23.7. The number of amides is 1. The number of carbonyl (C=O) groups excluding carboxylic acids is 1. The van der Waals surface area contributed by atoms with Crippen LogP contribution in [0.25, 0.3) is 0 Å². The second-order valence-corrected chi connectivity index (χ2v) is 25.0. The Morgan fingerprint density at radius 3 is 2.60 bits per heavy atom. The number of halogens is 1. The van der Waals surface area contributed by atoms with Gasteiger partial charge < -0.3 is 4.74 Å². The molecule has 7 heteroatoms. The summed E-state index contributed by atoms with van der Waals surface area (Å²) in [6.07, 6.45) is 5.70. The third-order valence-electron chi connectivity index (χ3n) is 8.75. The molecule has 0 aromatic heterocycles. The van der Waals surface area contributed by atoms with E-state index in [-0.39, 0.29) is 24.4 Å². The van der Waals surface area contributed by atoms with Crippen LogP contribution < -0.4 is 28.1 Å². The molecule has 1 amide bonds. The summed E-state index contributed by atoms with van der Waals surface area (Å²) in [5.41, 5.74) is 4.49. The van der Waals surface area contributed by atoms with E-state index in [2.05, 4.69) is 70.8 Å². The molecule has 2 aromatic rings. The quantitative estimate of drug-likeness (QED) is 0.244. The number of benzene rings is 2. The van der Waals surface area contributed by atoms with Crippen LogP contribution in [0.1, 0.15) is 75.5 Å². The Morgan fingerprint density at radius 2 is 1.90 bits per heavy atom. The molecular formula is C35H52IN2O4-. The molecule has 0 bridgehead atoms. The molecule has 42 heavy (non-hydrogen) atoms. The first kappa shape index (κ1) is 32.8. The number of ether oxygens (including phenoxy) is 1. The van der Waals surface area contributed by atoms with Crippen molar-refractivity contribution in [3.63, 3.8) is 0 Å². The Labute approximate surface area is 257 Å². The molecule has 1 N–H and O–H groups in total. The van der Waals surface area contributed by atoms with E-state index in [0.29, 0.717) is 25.6 Å². The monoisotopic (exact) mass is 691 g/mol. The summed E-state index contributed by atoms with van der Waals surface area (Å²) in [6, 6.07) is 14.6. The Morgan fingerprint density at radius 1 is 1.12 bits per heavy atom. The first-order valence-electron chi connectivity index (χ1n) is 15.7. The fraction of sp³-hybridized carbons (Fsp3) is 0.600. The van der Waals surface area contributed by atoms with Crippen LogP contribution >= 0.6 is 0 Å². The van der Waals surface area contributed by atoms with E-state index in [1.807, 2.05) is 17.0 Å². The van der Waals surface area contributed by atoms with Gasteiger partial charge in [0.05, 0.1) is 6.61 Å². The van der Waals surface area contributed by atoms with Gasteiger partial charge in [-0.1, -0.05) is 13.3 Å². The van der Waals surface area contributed by atoms with Gasteiger partial charge in [-0.15, -0.1) is 0 Å². The van der Waals surface area contributed by atoms with E-state index in [4.69, 9.17) is 4.74 Å². The van der Waals surface area contributed by atoms with Crippen LogP contribution in [0.4, 0.5) is 5.69 Å². The van der Waals surface area contributed by atoms with Gasteiger partial charge in [-0.25, -0.2) is 0 Å². The fourth-order valence-corrected chi connectivity index (χ4v) is 9.94. The zero-order chi connectivity index (χ0) is 30.4. The van der Waals surface area contributed by atoms with Crippen LogP contribution in [0, 0.1) is 11.8 Å². The summed E-state index contributed by atoms with van der Waals surface area (Å²) < 4.78 is 6.84. The minimum atomic E-state index is -1.74. The van der Waals surface area contributed by atoms with Crippen molar-refractivity contribution in [1.82, 2.24) is 4.90 Å². The molecule has 0 radical (unpaired) electrons. The number of hydrogen-bond donors (Lipinski definition) is 1. The number of aliphatic carboxylic acids is 1. The molecule has 1 saturated heterocycles. The van der Waals surface area contributed by atoms with Crippen LogP contribution in [0.2, 0.25) is 0 Å². The van der Waals surface area contributed by atoms with Gasteiger partial charge in [0.15, 0.2) is 0 Å². The van der Waals surface area contributed by atoms with Gasteiger partial charge in [-0.3, -0.25) is 0 Å². The molecular weight excluding hydrogens is 639 g/mol. The summed E-state index contributed by atoms with van der Waals surface area (Å²) in [5, 5.41) is 10.6. The van der Waals surface area contributed by atoms with E-state index in [1.54, 1.807) is 0 Å². The average Bonchev–Trinajstić information content (AvgIpc) is 3.52. The van der Waals surface area contributed by atoms with E-state index in [1.165, 1.54) is 5.56 Å². The Bertz CT molecular complexity index is 1230. The molecule has 6 nitrogen and oxygen atoms in total. The van der Waals surface area contributed by atoms with Crippen molar-refractivity contribution in [3.8, 4) is 5.75 Å².